The van der Waals surface area contributed by atoms with Crippen LogP contribution in [0.3, 0.4) is 0 Å². The first kappa shape index (κ1) is 16.4. The molecule has 2 aliphatic rings. The number of carbonyl (C=O) groups excluding carboxylic acids is 3. The lowest BCUT2D eigenvalue weighted by Gasteiger charge is -2.31. The first-order chi connectivity index (χ1) is 11.3. The topological polar surface area (TPSA) is 69.7 Å². The average Bonchev–Trinajstić information content (AvgIpc) is 3.08. The van der Waals surface area contributed by atoms with Crippen molar-refractivity contribution in [1.82, 2.24) is 15.1 Å². The fraction of sp³-hybridized carbons (Fsp3) is 0.471. The molecule has 2 heterocycles. The van der Waals surface area contributed by atoms with Gasteiger partial charge in [-0.1, -0.05) is 12.1 Å². The lowest BCUT2D eigenvalue weighted by Crippen LogP contribution is -2.49. The number of hydrogen-bond donors (Lipinski definition) is 1. The Morgan fingerprint density at radius 2 is 1.96 bits per heavy atom. The molecule has 0 aromatic heterocycles. The van der Waals surface area contributed by atoms with E-state index >= 15 is 0 Å². The summed E-state index contributed by atoms with van der Waals surface area (Å²) in [5.74, 6) is -0.930. The van der Waals surface area contributed by atoms with E-state index in [0.29, 0.717) is 6.54 Å². The second kappa shape index (κ2) is 5.89. The van der Waals surface area contributed by atoms with Gasteiger partial charge < -0.3 is 9.80 Å². The Kier molecular flexibility index (Phi) is 4.03. The van der Waals surface area contributed by atoms with Crippen molar-refractivity contribution in [2.75, 3.05) is 13.1 Å². The molecule has 1 atom stereocenters. The highest BCUT2D eigenvalue weighted by atomic mass is 19.1. The quantitative estimate of drug-likeness (QED) is 0.858. The maximum atomic E-state index is 13.1. The fourth-order valence-corrected chi connectivity index (χ4v) is 3.29. The van der Waals surface area contributed by atoms with Gasteiger partial charge in [-0.15, -0.1) is 0 Å². The zero-order valence-electron chi connectivity index (χ0n) is 13.7. The second-order valence-corrected chi connectivity index (χ2v) is 6.70. The zero-order chi connectivity index (χ0) is 17.5. The van der Waals surface area contributed by atoms with Crippen molar-refractivity contribution in [3.8, 4) is 0 Å². The summed E-state index contributed by atoms with van der Waals surface area (Å²) in [7, 11) is 0. The number of carbonyl (C=O) groups is 3. The van der Waals surface area contributed by atoms with E-state index in [9.17, 15) is 18.8 Å². The molecule has 1 N–H and O–H groups in total. The molecule has 2 fully saturated rings. The summed E-state index contributed by atoms with van der Waals surface area (Å²) in [5, 5.41) is 2.24. The first-order valence-electron chi connectivity index (χ1n) is 7.98. The number of urea groups is 1. The molecule has 0 unspecified atom stereocenters. The van der Waals surface area contributed by atoms with Crippen molar-refractivity contribution >= 4 is 17.8 Å². The molecule has 0 bridgehead atoms. The van der Waals surface area contributed by atoms with Crippen LogP contribution in [0.15, 0.2) is 24.3 Å². The van der Waals surface area contributed by atoms with Crippen molar-refractivity contribution < 1.29 is 18.8 Å². The maximum absolute atomic E-state index is 13.1. The highest BCUT2D eigenvalue weighted by Gasteiger charge is 2.47. The number of imide groups is 1. The van der Waals surface area contributed by atoms with Gasteiger partial charge in [0.1, 0.15) is 17.9 Å². The third-order valence-electron chi connectivity index (χ3n) is 4.82. The number of amides is 4. The molecule has 3 rings (SSSR count). The molecule has 0 radical (unpaired) electrons. The number of benzene rings is 1. The Balaban J connectivity index is 1.76. The van der Waals surface area contributed by atoms with Gasteiger partial charge in [0.2, 0.25) is 5.91 Å². The summed E-state index contributed by atoms with van der Waals surface area (Å²) in [4.78, 5) is 39.4. The Morgan fingerprint density at radius 3 is 2.54 bits per heavy atom. The highest BCUT2D eigenvalue weighted by molar-refractivity contribution is 6.07. The van der Waals surface area contributed by atoms with Gasteiger partial charge in [-0.3, -0.25) is 14.9 Å². The minimum Gasteiger partial charge on any atom is -0.334 e. The van der Waals surface area contributed by atoms with Gasteiger partial charge in [0.05, 0.1) is 6.04 Å². The number of nitrogens with zero attached hydrogens (tertiary/aromatic N) is 2. The molecule has 7 heteroatoms. The predicted octanol–water partition coefficient (Wildman–Crippen LogP) is 1.82. The smallest absolute Gasteiger partial charge is 0.325 e. The van der Waals surface area contributed by atoms with Crippen LogP contribution in [-0.2, 0) is 9.59 Å². The molecule has 128 valence electrons. The van der Waals surface area contributed by atoms with Crippen LogP contribution in [0.5, 0.6) is 0 Å². The van der Waals surface area contributed by atoms with Crippen LogP contribution >= 0.6 is 0 Å². The minimum absolute atomic E-state index is 0.123. The lowest BCUT2D eigenvalue weighted by atomic mass is 10.0. The molecule has 0 spiro atoms. The van der Waals surface area contributed by atoms with Crippen molar-refractivity contribution in [2.24, 2.45) is 0 Å². The van der Waals surface area contributed by atoms with Gasteiger partial charge in [-0.2, -0.15) is 0 Å². The van der Waals surface area contributed by atoms with Crippen molar-refractivity contribution in [3.05, 3.63) is 35.6 Å². The van der Waals surface area contributed by atoms with Crippen LogP contribution in [0, 0.1) is 5.82 Å². The largest absolute Gasteiger partial charge is 0.334 e. The van der Waals surface area contributed by atoms with Gasteiger partial charge in [-0.05, 0) is 44.4 Å². The Labute approximate surface area is 139 Å². The normalized spacial score (nSPS) is 22.9. The van der Waals surface area contributed by atoms with Gasteiger partial charge in [0.25, 0.3) is 5.91 Å². The van der Waals surface area contributed by atoms with Gasteiger partial charge in [0.15, 0.2) is 0 Å². The van der Waals surface area contributed by atoms with E-state index in [1.165, 1.54) is 17.0 Å². The summed E-state index contributed by atoms with van der Waals surface area (Å²) in [6, 6.07) is 5.46. The first-order valence-corrected chi connectivity index (χ1v) is 7.98. The maximum Gasteiger partial charge on any atom is 0.325 e. The molecule has 24 heavy (non-hydrogen) atoms. The molecular formula is C17H20FN3O3. The van der Waals surface area contributed by atoms with E-state index in [0.717, 1.165) is 18.4 Å². The summed E-state index contributed by atoms with van der Waals surface area (Å²) in [5.41, 5.74) is -0.166. The number of halogens is 1. The molecule has 0 aliphatic carbocycles. The minimum atomic E-state index is -1.04. The highest BCUT2D eigenvalue weighted by Crippen LogP contribution is 2.32. The third-order valence-corrected chi connectivity index (χ3v) is 4.82. The number of hydrogen-bond acceptors (Lipinski definition) is 3. The predicted molar refractivity (Wildman–Crippen MR) is 84.4 cm³/mol. The Morgan fingerprint density at radius 1 is 1.29 bits per heavy atom. The van der Waals surface area contributed by atoms with E-state index in [-0.39, 0.29) is 24.3 Å². The number of rotatable bonds is 3. The van der Waals surface area contributed by atoms with Gasteiger partial charge in [0, 0.05) is 6.54 Å². The molecule has 2 aliphatic heterocycles. The van der Waals surface area contributed by atoms with Crippen LogP contribution in [0.4, 0.5) is 9.18 Å². The molecular weight excluding hydrogens is 313 g/mol. The molecule has 1 aromatic carbocycles. The number of likely N-dealkylation sites (tertiary alicyclic amines) is 1. The lowest BCUT2D eigenvalue weighted by molar-refractivity contribution is -0.134. The third kappa shape index (κ3) is 2.74. The zero-order valence-corrected chi connectivity index (χ0v) is 13.7. The van der Waals surface area contributed by atoms with E-state index in [1.807, 2.05) is 0 Å². The summed E-state index contributed by atoms with van der Waals surface area (Å²) in [6.07, 6.45) is 1.65. The Hall–Kier alpha value is -2.44. The summed E-state index contributed by atoms with van der Waals surface area (Å²) in [6.45, 7) is 3.66. The van der Waals surface area contributed by atoms with Crippen molar-refractivity contribution in [3.63, 3.8) is 0 Å². The molecule has 6 nitrogen and oxygen atoms in total. The fourth-order valence-electron chi connectivity index (χ4n) is 3.29. The van der Waals surface area contributed by atoms with Crippen LogP contribution in [0.2, 0.25) is 0 Å². The second-order valence-electron chi connectivity index (χ2n) is 6.70. The standard InChI is InChI=1S/C17H20FN3O3/c1-17(2)15(23)19-16(24)21(17)10-14(22)20-9-3-4-13(20)11-5-7-12(18)8-6-11/h5-8,13H,3-4,9-10H2,1-2H3,(H,19,23,24)/t13-/m0/s1. The van der Waals surface area contributed by atoms with Crippen LogP contribution in [0.1, 0.15) is 38.3 Å². The summed E-state index contributed by atoms with van der Waals surface area (Å²) >= 11 is 0. The van der Waals surface area contributed by atoms with Crippen LogP contribution < -0.4 is 5.32 Å². The molecule has 1 aromatic rings. The monoisotopic (exact) mass is 333 g/mol. The van der Waals surface area contributed by atoms with E-state index in [4.69, 9.17) is 0 Å². The van der Waals surface area contributed by atoms with Gasteiger partial charge >= 0.3 is 6.03 Å². The molecule has 2 saturated heterocycles. The number of nitrogens with one attached hydrogen (secondary N) is 1. The van der Waals surface area contributed by atoms with E-state index < -0.39 is 17.5 Å². The molecule has 4 amide bonds. The van der Waals surface area contributed by atoms with E-state index in [2.05, 4.69) is 5.32 Å². The van der Waals surface area contributed by atoms with Crippen molar-refractivity contribution in [2.45, 2.75) is 38.3 Å². The Bertz CT molecular complexity index is 687. The average molecular weight is 333 g/mol. The van der Waals surface area contributed by atoms with E-state index in [1.54, 1.807) is 30.9 Å². The summed E-state index contributed by atoms with van der Waals surface area (Å²) < 4.78 is 13.1. The van der Waals surface area contributed by atoms with Crippen LogP contribution in [0.25, 0.3) is 0 Å². The SMILES string of the molecule is CC1(C)C(=O)NC(=O)N1CC(=O)N1CCC[C@H]1c1ccc(F)cc1. The van der Waals surface area contributed by atoms with Gasteiger partial charge in [-0.25, -0.2) is 9.18 Å². The van der Waals surface area contributed by atoms with Crippen LogP contribution in [-0.4, -0.2) is 46.3 Å². The van der Waals surface area contributed by atoms with Crippen molar-refractivity contribution in [1.29, 1.82) is 0 Å². The molecule has 0 saturated carbocycles.